The van der Waals surface area contributed by atoms with Crippen LogP contribution in [-0.4, -0.2) is 52.5 Å². The van der Waals surface area contributed by atoms with Gasteiger partial charge in [-0.1, -0.05) is 0 Å². The Labute approximate surface area is 124 Å². The molecule has 0 saturated heterocycles. The Morgan fingerprint density at radius 2 is 2.00 bits per heavy atom. The van der Waals surface area contributed by atoms with Crippen molar-refractivity contribution in [3.63, 3.8) is 0 Å². The fourth-order valence-corrected chi connectivity index (χ4v) is 3.05. The Morgan fingerprint density at radius 3 is 2.48 bits per heavy atom. The molecule has 0 radical (unpaired) electrons. The maximum Gasteiger partial charge on any atom is 0.341 e. The number of nitrogens with zero attached hydrogens (tertiary/aromatic N) is 1. The van der Waals surface area contributed by atoms with Gasteiger partial charge in [-0.2, -0.15) is 4.31 Å². The highest BCUT2D eigenvalue weighted by molar-refractivity contribution is 7.89. The second kappa shape index (κ2) is 6.88. The molecular formula is C13H20N2O5S. The molecule has 21 heavy (non-hydrogen) atoms. The molecule has 0 fully saturated rings. The highest BCUT2D eigenvalue weighted by atomic mass is 32.2. The predicted molar refractivity (Wildman–Crippen MR) is 77.8 cm³/mol. The molecule has 1 aromatic carbocycles. The van der Waals surface area contributed by atoms with Crippen molar-refractivity contribution in [2.75, 3.05) is 27.8 Å². The minimum atomic E-state index is -3.71. The normalized spacial score (nSPS) is 13.0. The second-order valence-electron chi connectivity index (χ2n) is 4.46. The number of carbonyl (C=O) groups is 1. The van der Waals surface area contributed by atoms with Crippen LogP contribution in [0.25, 0.3) is 0 Å². The van der Waals surface area contributed by atoms with Crippen LogP contribution in [0.4, 0.5) is 0 Å². The lowest BCUT2D eigenvalue weighted by Gasteiger charge is -2.23. The quantitative estimate of drug-likeness (QED) is 0.765. The fourth-order valence-electron chi connectivity index (χ4n) is 1.66. The molecule has 0 bridgehead atoms. The molecule has 1 unspecified atom stereocenters. The molecular weight excluding hydrogens is 296 g/mol. The van der Waals surface area contributed by atoms with Gasteiger partial charge in [-0.25, -0.2) is 13.2 Å². The lowest BCUT2D eigenvalue weighted by molar-refractivity contribution is 0.0597. The average molecular weight is 316 g/mol. The SMILES string of the molecule is COC(=O)c1ccc(S(=O)(=O)N(C)C(C)CN)cc1OC. The number of nitrogens with two attached hydrogens (primary N) is 1. The zero-order valence-corrected chi connectivity index (χ0v) is 13.3. The van der Waals surface area contributed by atoms with Crippen molar-refractivity contribution in [1.82, 2.24) is 4.31 Å². The number of hydrogen-bond acceptors (Lipinski definition) is 6. The van der Waals surface area contributed by atoms with Crippen molar-refractivity contribution >= 4 is 16.0 Å². The molecule has 0 saturated carbocycles. The highest BCUT2D eigenvalue weighted by Gasteiger charge is 2.26. The molecule has 0 aliphatic heterocycles. The Morgan fingerprint density at radius 1 is 1.38 bits per heavy atom. The molecule has 7 nitrogen and oxygen atoms in total. The standard InChI is InChI=1S/C13H20N2O5S/c1-9(8-14)15(2)21(17,18)10-5-6-11(13(16)20-4)12(7-10)19-3/h5-7,9H,8,14H2,1-4H3. The highest BCUT2D eigenvalue weighted by Crippen LogP contribution is 2.25. The van der Waals surface area contributed by atoms with Crippen LogP contribution in [-0.2, 0) is 14.8 Å². The van der Waals surface area contributed by atoms with Gasteiger partial charge >= 0.3 is 5.97 Å². The summed E-state index contributed by atoms with van der Waals surface area (Å²) in [6.45, 7) is 1.91. The Bertz CT molecular complexity index is 615. The summed E-state index contributed by atoms with van der Waals surface area (Å²) in [6.07, 6.45) is 0. The molecule has 1 rings (SSSR count). The van der Waals surface area contributed by atoms with E-state index in [1.165, 1.54) is 43.8 Å². The Hall–Kier alpha value is -1.64. The van der Waals surface area contributed by atoms with Gasteiger partial charge in [0.15, 0.2) is 0 Å². The zero-order valence-electron chi connectivity index (χ0n) is 12.5. The van der Waals surface area contributed by atoms with Crippen molar-refractivity contribution in [3.8, 4) is 5.75 Å². The van der Waals surface area contributed by atoms with E-state index < -0.39 is 16.0 Å². The van der Waals surface area contributed by atoms with E-state index in [0.29, 0.717) is 0 Å². The first-order chi connectivity index (χ1) is 9.79. The van der Waals surface area contributed by atoms with Gasteiger partial charge in [-0.15, -0.1) is 0 Å². The zero-order chi connectivity index (χ0) is 16.2. The topological polar surface area (TPSA) is 98.9 Å². The van der Waals surface area contributed by atoms with Crippen molar-refractivity contribution < 1.29 is 22.7 Å². The maximum atomic E-state index is 12.4. The Balaban J connectivity index is 3.30. The van der Waals surface area contributed by atoms with E-state index in [2.05, 4.69) is 4.74 Å². The smallest absolute Gasteiger partial charge is 0.341 e. The number of methoxy groups -OCH3 is 2. The van der Waals surface area contributed by atoms with Crippen LogP contribution in [0.1, 0.15) is 17.3 Å². The molecule has 1 aromatic rings. The average Bonchev–Trinajstić information content (AvgIpc) is 2.51. The lowest BCUT2D eigenvalue weighted by atomic mass is 10.2. The van der Waals surface area contributed by atoms with Gasteiger partial charge in [0.1, 0.15) is 11.3 Å². The predicted octanol–water partition coefficient (Wildman–Crippen LogP) is 0.450. The summed E-state index contributed by atoms with van der Waals surface area (Å²) in [4.78, 5) is 11.6. The van der Waals surface area contributed by atoms with Gasteiger partial charge in [0.25, 0.3) is 0 Å². The number of ether oxygens (including phenoxy) is 2. The van der Waals surface area contributed by atoms with E-state index in [-0.39, 0.29) is 28.8 Å². The summed E-state index contributed by atoms with van der Waals surface area (Å²) in [5.41, 5.74) is 5.65. The van der Waals surface area contributed by atoms with Crippen LogP contribution in [0.5, 0.6) is 5.75 Å². The van der Waals surface area contributed by atoms with Crippen molar-refractivity contribution in [2.45, 2.75) is 17.9 Å². The Kier molecular flexibility index (Phi) is 5.70. The van der Waals surface area contributed by atoms with Gasteiger partial charge in [0, 0.05) is 25.7 Å². The third-order valence-electron chi connectivity index (χ3n) is 3.22. The van der Waals surface area contributed by atoms with Gasteiger partial charge in [0.2, 0.25) is 10.0 Å². The number of likely N-dealkylation sites (N-methyl/N-ethyl adjacent to an activating group) is 1. The minimum Gasteiger partial charge on any atom is -0.496 e. The van der Waals surface area contributed by atoms with Crippen LogP contribution in [0.3, 0.4) is 0 Å². The third-order valence-corrected chi connectivity index (χ3v) is 5.18. The number of carbonyl (C=O) groups excluding carboxylic acids is 1. The van der Waals surface area contributed by atoms with Crippen LogP contribution in [0.15, 0.2) is 23.1 Å². The van der Waals surface area contributed by atoms with E-state index in [9.17, 15) is 13.2 Å². The monoisotopic (exact) mass is 316 g/mol. The number of esters is 1. The molecule has 0 aromatic heterocycles. The van der Waals surface area contributed by atoms with Crippen molar-refractivity contribution in [1.29, 1.82) is 0 Å². The van der Waals surface area contributed by atoms with Gasteiger partial charge < -0.3 is 15.2 Å². The van der Waals surface area contributed by atoms with Crippen LogP contribution in [0.2, 0.25) is 0 Å². The molecule has 0 aliphatic rings. The van der Waals surface area contributed by atoms with E-state index >= 15 is 0 Å². The third kappa shape index (κ3) is 3.52. The first-order valence-corrected chi connectivity index (χ1v) is 7.68. The number of sulfonamides is 1. The van der Waals surface area contributed by atoms with Crippen LogP contribution >= 0.6 is 0 Å². The van der Waals surface area contributed by atoms with E-state index in [0.717, 1.165) is 0 Å². The van der Waals surface area contributed by atoms with Crippen molar-refractivity contribution in [2.24, 2.45) is 5.73 Å². The molecule has 0 heterocycles. The molecule has 118 valence electrons. The summed E-state index contributed by atoms with van der Waals surface area (Å²) in [5, 5.41) is 0. The van der Waals surface area contributed by atoms with E-state index in [1.54, 1.807) is 6.92 Å². The summed E-state index contributed by atoms with van der Waals surface area (Å²) in [6, 6.07) is 3.64. The molecule has 0 aliphatic carbocycles. The molecule has 0 amide bonds. The molecule has 0 spiro atoms. The second-order valence-corrected chi connectivity index (χ2v) is 6.46. The van der Waals surface area contributed by atoms with Gasteiger partial charge in [-0.3, -0.25) is 0 Å². The molecule has 2 N–H and O–H groups in total. The van der Waals surface area contributed by atoms with Crippen LogP contribution in [0, 0.1) is 0 Å². The number of rotatable bonds is 6. The van der Waals surface area contributed by atoms with Crippen LogP contribution < -0.4 is 10.5 Å². The number of benzene rings is 1. The summed E-state index contributed by atoms with van der Waals surface area (Å²) in [5.74, 6) is -0.462. The largest absolute Gasteiger partial charge is 0.496 e. The van der Waals surface area contributed by atoms with E-state index in [1.807, 2.05) is 0 Å². The summed E-state index contributed by atoms with van der Waals surface area (Å²) in [7, 11) is 0.332. The fraction of sp³-hybridized carbons (Fsp3) is 0.462. The molecule has 1 atom stereocenters. The van der Waals surface area contributed by atoms with Gasteiger partial charge in [0.05, 0.1) is 19.1 Å². The van der Waals surface area contributed by atoms with Gasteiger partial charge in [-0.05, 0) is 19.1 Å². The van der Waals surface area contributed by atoms with Crippen molar-refractivity contribution in [3.05, 3.63) is 23.8 Å². The summed E-state index contributed by atoms with van der Waals surface area (Å²) < 4.78 is 35.8. The first kappa shape index (κ1) is 17.4. The van der Waals surface area contributed by atoms with E-state index in [4.69, 9.17) is 10.5 Å². The molecule has 8 heteroatoms. The first-order valence-electron chi connectivity index (χ1n) is 6.24. The summed E-state index contributed by atoms with van der Waals surface area (Å²) >= 11 is 0. The lowest BCUT2D eigenvalue weighted by Crippen LogP contribution is -2.39. The number of hydrogen-bond donors (Lipinski definition) is 1. The minimum absolute atomic E-state index is 0.0230. The maximum absolute atomic E-state index is 12.4.